The first-order chi connectivity index (χ1) is 9.51. The third-order valence-electron chi connectivity index (χ3n) is 2.94. The molecule has 20 heavy (non-hydrogen) atoms. The number of nitrogens with two attached hydrogens (primary N) is 1. The number of carbonyl (C=O) groups excluding carboxylic acids is 2. The number of rotatable bonds is 4. The van der Waals surface area contributed by atoms with Crippen LogP contribution in [0.3, 0.4) is 0 Å². The molecule has 0 aromatic heterocycles. The molecule has 4 N–H and O–H groups in total. The first kappa shape index (κ1) is 14.1. The highest BCUT2D eigenvalue weighted by Crippen LogP contribution is 2.32. The summed E-state index contributed by atoms with van der Waals surface area (Å²) < 4.78 is 5.43. The Labute approximate surface area is 117 Å². The van der Waals surface area contributed by atoms with Crippen LogP contribution < -0.4 is 21.1 Å². The van der Waals surface area contributed by atoms with Gasteiger partial charge in [0, 0.05) is 5.69 Å². The van der Waals surface area contributed by atoms with Gasteiger partial charge in [-0.05, 0) is 31.5 Å². The van der Waals surface area contributed by atoms with Crippen molar-refractivity contribution in [2.24, 2.45) is 5.73 Å². The number of hydrogen-bond donors (Lipinski definition) is 3. The van der Waals surface area contributed by atoms with Crippen LogP contribution in [-0.4, -0.2) is 24.0 Å². The Kier molecular flexibility index (Phi) is 4.05. The zero-order chi connectivity index (χ0) is 14.7. The van der Waals surface area contributed by atoms with E-state index in [0.717, 1.165) is 0 Å². The highest BCUT2D eigenvalue weighted by atomic mass is 16.5. The fourth-order valence-corrected chi connectivity index (χ4v) is 1.81. The van der Waals surface area contributed by atoms with Crippen LogP contribution in [0.5, 0.6) is 5.75 Å². The monoisotopic (exact) mass is 275 g/mol. The molecule has 6 nitrogen and oxygen atoms in total. The van der Waals surface area contributed by atoms with Crippen molar-refractivity contribution in [1.82, 2.24) is 0 Å². The molecule has 1 heterocycles. The Morgan fingerprint density at radius 2 is 2.40 bits per heavy atom. The average molecular weight is 275 g/mol. The summed E-state index contributed by atoms with van der Waals surface area (Å²) in [6, 6.07) is 4.38. The third kappa shape index (κ3) is 2.97. The molecule has 106 valence electrons. The second-order valence-electron chi connectivity index (χ2n) is 4.58. The molecule has 2 atom stereocenters. The Balaban J connectivity index is 2.12. The number of hydrogen-bond acceptors (Lipinski definition) is 4. The number of ether oxygens (including phenoxy) is 1. The Hall–Kier alpha value is -2.34. The topological polar surface area (TPSA) is 93.5 Å². The van der Waals surface area contributed by atoms with Gasteiger partial charge in [0.05, 0.1) is 11.7 Å². The van der Waals surface area contributed by atoms with E-state index in [9.17, 15) is 9.59 Å². The van der Waals surface area contributed by atoms with E-state index in [1.165, 1.54) is 0 Å². The minimum atomic E-state index is -0.644. The smallest absolute Gasteiger partial charge is 0.265 e. The summed E-state index contributed by atoms with van der Waals surface area (Å²) in [4.78, 5) is 23.3. The molecular weight excluding hydrogens is 258 g/mol. The van der Waals surface area contributed by atoms with E-state index in [1.54, 1.807) is 31.2 Å². The maximum absolute atomic E-state index is 11.8. The lowest BCUT2D eigenvalue weighted by atomic mass is 10.2. The van der Waals surface area contributed by atoms with E-state index >= 15 is 0 Å². The summed E-state index contributed by atoms with van der Waals surface area (Å²) in [6.07, 6.45) is 1.46. The fraction of sp³-hybridized carbons (Fsp3) is 0.286. The van der Waals surface area contributed by atoms with Crippen LogP contribution in [-0.2, 0) is 9.59 Å². The summed E-state index contributed by atoms with van der Waals surface area (Å²) in [6.45, 7) is 5.21. The number of fused-ring (bicyclic) bond motifs is 1. The van der Waals surface area contributed by atoms with Crippen molar-refractivity contribution in [2.45, 2.75) is 25.5 Å². The molecule has 2 amide bonds. The van der Waals surface area contributed by atoms with Crippen LogP contribution in [0.1, 0.15) is 13.3 Å². The maximum atomic E-state index is 11.8. The molecule has 0 saturated heterocycles. The molecule has 0 radical (unpaired) electrons. The second kappa shape index (κ2) is 5.75. The SMILES string of the molecule is C=CCC(N)C(=O)Nc1ccc2c(c1)NC(=O)C(C)O2. The summed E-state index contributed by atoms with van der Waals surface area (Å²) in [7, 11) is 0. The van der Waals surface area contributed by atoms with Crippen molar-refractivity contribution in [1.29, 1.82) is 0 Å². The van der Waals surface area contributed by atoms with Gasteiger partial charge in [0.25, 0.3) is 5.91 Å². The molecule has 0 saturated carbocycles. The largest absolute Gasteiger partial charge is 0.479 e. The summed E-state index contributed by atoms with van der Waals surface area (Å²) in [5, 5.41) is 5.40. The summed E-state index contributed by atoms with van der Waals surface area (Å²) in [5.41, 5.74) is 6.75. The van der Waals surface area contributed by atoms with E-state index in [0.29, 0.717) is 23.5 Å². The molecular formula is C14H17N3O3. The predicted molar refractivity (Wildman–Crippen MR) is 76.6 cm³/mol. The third-order valence-corrected chi connectivity index (χ3v) is 2.94. The zero-order valence-corrected chi connectivity index (χ0v) is 11.2. The van der Waals surface area contributed by atoms with Gasteiger partial charge >= 0.3 is 0 Å². The normalized spacial score (nSPS) is 18.3. The van der Waals surface area contributed by atoms with Gasteiger partial charge < -0.3 is 21.1 Å². The van der Waals surface area contributed by atoms with E-state index in [2.05, 4.69) is 17.2 Å². The van der Waals surface area contributed by atoms with Crippen molar-refractivity contribution in [3.8, 4) is 5.75 Å². The zero-order valence-electron chi connectivity index (χ0n) is 11.2. The molecule has 1 aromatic carbocycles. The van der Waals surface area contributed by atoms with Gasteiger partial charge in [0.2, 0.25) is 5.91 Å². The molecule has 6 heteroatoms. The minimum Gasteiger partial charge on any atom is -0.479 e. The quantitative estimate of drug-likeness (QED) is 0.721. The minimum absolute atomic E-state index is 0.218. The number of anilines is 2. The van der Waals surface area contributed by atoms with Crippen molar-refractivity contribution in [3.63, 3.8) is 0 Å². The molecule has 2 rings (SSSR count). The van der Waals surface area contributed by atoms with Crippen LogP contribution in [0.2, 0.25) is 0 Å². The fourth-order valence-electron chi connectivity index (χ4n) is 1.81. The Morgan fingerprint density at radius 1 is 1.65 bits per heavy atom. The molecule has 1 aliphatic heterocycles. The molecule has 2 unspecified atom stereocenters. The van der Waals surface area contributed by atoms with Gasteiger partial charge in [-0.15, -0.1) is 6.58 Å². The lowest BCUT2D eigenvalue weighted by Gasteiger charge is -2.23. The van der Waals surface area contributed by atoms with E-state index in [4.69, 9.17) is 10.5 Å². The highest BCUT2D eigenvalue weighted by Gasteiger charge is 2.23. The van der Waals surface area contributed by atoms with Crippen LogP contribution in [0.25, 0.3) is 0 Å². The number of amides is 2. The van der Waals surface area contributed by atoms with Crippen molar-refractivity contribution >= 4 is 23.2 Å². The molecule has 0 spiro atoms. The van der Waals surface area contributed by atoms with Crippen molar-refractivity contribution in [2.75, 3.05) is 10.6 Å². The van der Waals surface area contributed by atoms with E-state index < -0.39 is 12.1 Å². The predicted octanol–water partition coefficient (Wildman–Crippen LogP) is 1.25. The van der Waals surface area contributed by atoms with Gasteiger partial charge in [0.15, 0.2) is 6.10 Å². The van der Waals surface area contributed by atoms with Gasteiger partial charge in [0.1, 0.15) is 5.75 Å². The van der Waals surface area contributed by atoms with Crippen LogP contribution in [0.15, 0.2) is 30.9 Å². The maximum Gasteiger partial charge on any atom is 0.265 e. The van der Waals surface area contributed by atoms with Gasteiger partial charge in [-0.3, -0.25) is 9.59 Å². The number of benzene rings is 1. The van der Waals surface area contributed by atoms with Crippen LogP contribution in [0.4, 0.5) is 11.4 Å². The lowest BCUT2D eigenvalue weighted by Crippen LogP contribution is -2.35. The number of nitrogens with one attached hydrogen (secondary N) is 2. The first-order valence-electron chi connectivity index (χ1n) is 6.30. The first-order valence-corrected chi connectivity index (χ1v) is 6.30. The second-order valence-corrected chi connectivity index (χ2v) is 4.58. The molecule has 1 aromatic rings. The lowest BCUT2D eigenvalue weighted by molar-refractivity contribution is -0.122. The Bertz CT molecular complexity index is 557. The molecule has 0 bridgehead atoms. The van der Waals surface area contributed by atoms with Crippen molar-refractivity contribution < 1.29 is 14.3 Å². The highest BCUT2D eigenvalue weighted by molar-refractivity contribution is 5.99. The molecule has 0 fully saturated rings. The summed E-state index contributed by atoms with van der Waals surface area (Å²) >= 11 is 0. The van der Waals surface area contributed by atoms with Gasteiger partial charge in [-0.25, -0.2) is 0 Å². The average Bonchev–Trinajstić information content (AvgIpc) is 2.40. The van der Waals surface area contributed by atoms with E-state index in [-0.39, 0.29) is 11.8 Å². The van der Waals surface area contributed by atoms with Crippen molar-refractivity contribution in [3.05, 3.63) is 30.9 Å². The van der Waals surface area contributed by atoms with E-state index in [1.807, 2.05) is 0 Å². The van der Waals surface area contributed by atoms with Crippen LogP contribution >= 0.6 is 0 Å². The van der Waals surface area contributed by atoms with Gasteiger partial charge in [-0.1, -0.05) is 6.08 Å². The van der Waals surface area contributed by atoms with Crippen LogP contribution in [0, 0.1) is 0 Å². The van der Waals surface area contributed by atoms with Gasteiger partial charge in [-0.2, -0.15) is 0 Å². The molecule has 1 aliphatic rings. The summed E-state index contributed by atoms with van der Waals surface area (Å²) in [5.74, 6) is 0.0519. The standard InChI is InChI=1S/C14H17N3O3/c1-3-4-10(15)14(19)16-9-5-6-12-11(7-9)17-13(18)8(2)20-12/h3,5-8,10H,1,4,15H2,2H3,(H,16,19)(H,17,18). The molecule has 0 aliphatic carbocycles. The number of carbonyl (C=O) groups is 2. The Morgan fingerprint density at radius 3 is 3.10 bits per heavy atom.